The van der Waals surface area contributed by atoms with Crippen LogP contribution in [0, 0.1) is 0 Å². The maximum absolute atomic E-state index is 11.8. The number of ether oxygens (including phenoxy) is 2. The van der Waals surface area contributed by atoms with E-state index in [-0.39, 0.29) is 12.1 Å². The lowest BCUT2D eigenvalue weighted by Crippen LogP contribution is -2.49. The Hall–Kier alpha value is -2.21. The summed E-state index contributed by atoms with van der Waals surface area (Å²) in [5.41, 5.74) is 2.01. The number of hydrogen-bond acceptors (Lipinski definition) is 4. The first-order valence-corrected chi connectivity index (χ1v) is 9.00. The van der Waals surface area contributed by atoms with Crippen LogP contribution in [0.3, 0.4) is 0 Å². The predicted octanol–water partition coefficient (Wildman–Crippen LogP) is 4.33. The highest BCUT2D eigenvalue weighted by molar-refractivity contribution is 9.10. The number of anilines is 1. The average Bonchev–Trinajstić information content (AvgIpc) is 2.59. The van der Waals surface area contributed by atoms with E-state index in [1.54, 1.807) is 7.11 Å². The molecule has 0 unspecified atom stereocenters. The second-order valence-corrected chi connectivity index (χ2v) is 6.92. The number of alkyl carbamates (subject to hydrolysis) is 1. The van der Waals surface area contributed by atoms with Gasteiger partial charge in [-0.2, -0.15) is 0 Å². The molecule has 0 atom stereocenters. The van der Waals surface area contributed by atoms with Crippen molar-refractivity contribution in [2.24, 2.45) is 0 Å². The van der Waals surface area contributed by atoms with Gasteiger partial charge in [0.25, 0.3) is 0 Å². The molecule has 1 aliphatic rings. The van der Waals surface area contributed by atoms with Crippen molar-refractivity contribution < 1.29 is 14.3 Å². The molecule has 0 spiro atoms. The van der Waals surface area contributed by atoms with Gasteiger partial charge in [0.05, 0.1) is 11.6 Å². The first-order chi connectivity index (χ1) is 12.1. The highest BCUT2D eigenvalue weighted by Crippen LogP contribution is 2.30. The topological polar surface area (TPSA) is 59.6 Å². The zero-order valence-electron chi connectivity index (χ0n) is 14.0. The van der Waals surface area contributed by atoms with E-state index < -0.39 is 0 Å². The van der Waals surface area contributed by atoms with Crippen LogP contribution in [0.25, 0.3) is 0 Å². The molecule has 0 bridgehead atoms. The summed E-state index contributed by atoms with van der Waals surface area (Å²) in [4.78, 5) is 11.8. The molecule has 5 nitrogen and oxygen atoms in total. The Morgan fingerprint density at radius 3 is 2.60 bits per heavy atom. The lowest BCUT2D eigenvalue weighted by Gasteiger charge is -2.36. The number of halogens is 1. The average molecular weight is 405 g/mol. The van der Waals surface area contributed by atoms with Crippen LogP contribution in [0.1, 0.15) is 18.4 Å². The van der Waals surface area contributed by atoms with Gasteiger partial charge >= 0.3 is 6.09 Å². The molecule has 1 amide bonds. The number of methoxy groups -OCH3 is 1. The van der Waals surface area contributed by atoms with Crippen molar-refractivity contribution >= 4 is 27.7 Å². The summed E-state index contributed by atoms with van der Waals surface area (Å²) in [6.45, 7) is 0.293. The highest BCUT2D eigenvalue weighted by atomic mass is 79.9. The van der Waals surface area contributed by atoms with Gasteiger partial charge in [0, 0.05) is 17.8 Å². The Kier molecular flexibility index (Phi) is 5.81. The molecule has 0 aliphatic heterocycles. The summed E-state index contributed by atoms with van der Waals surface area (Å²) in [5, 5.41) is 6.36. The summed E-state index contributed by atoms with van der Waals surface area (Å²) in [7, 11) is 1.65. The summed E-state index contributed by atoms with van der Waals surface area (Å²) in [6.07, 6.45) is 1.40. The van der Waals surface area contributed by atoms with Crippen LogP contribution < -0.4 is 15.4 Å². The van der Waals surface area contributed by atoms with Crippen LogP contribution >= 0.6 is 15.9 Å². The van der Waals surface area contributed by atoms with Gasteiger partial charge in [0.15, 0.2) is 0 Å². The molecular formula is C19H21BrN2O3. The number of rotatable bonds is 6. The number of amides is 1. The zero-order chi connectivity index (χ0) is 17.6. The smallest absolute Gasteiger partial charge is 0.407 e. The van der Waals surface area contributed by atoms with E-state index >= 15 is 0 Å². The standard InChI is InChI=1S/C19H21BrN2O3/c1-24-18-8-7-14(11-17(18)20)21-15-9-16(10-15)22-19(23)25-12-13-5-3-2-4-6-13/h2-8,11,15-16,21H,9-10,12H2,1H3,(H,22,23). The second-order valence-electron chi connectivity index (χ2n) is 6.06. The van der Waals surface area contributed by atoms with Crippen molar-refractivity contribution in [3.63, 3.8) is 0 Å². The van der Waals surface area contributed by atoms with Gasteiger partial charge in [0.2, 0.25) is 0 Å². The van der Waals surface area contributed by atoms with Crippen LogP contribution in [0.5, 0.6) is 5.75 Å². The van der Waals surface area contributed by atoms with Gasteiger partial charge in [-0.15, -0.1) is 0 Å². The number of nitrogens with one attached hydrogen (secondary N) is 2. The number of benzene rings is 2. The van der Waals surface area contributed by atoms with Gasteiger partial charge in [-0.25, -0.2) is 4.79 Å². The van der Waals surface area contributed by atoms with Crippen LogP contribution in [0.2, 0.25) is 0 Å². The van der Waals surface area contributed by atoms with E-state index in [9.17, 15) is 4.79 Å². The number of carbonyl (C=O) groups excluding carboxylic acids is 1. The zero-order valence-corrected chi connectivity index (χ0v) is 15.6. The van der Waals surface area contributed by atoms with E-state index in [2.05, 4.69) is 26.6 Å². The normalized spacial score (nSPS) is 18.8. The maximum Gasteiger partial charge on any atom is 0.407 e. The molecule has 0 heterocycles. The molecule has 25 heavy (non-hydrogen) atoms. The second kappa shape index (κ2) is 8.25. The van der Waals surface area contributed by atoms with Crippen molar-refractivity contribution in [2.75, 3.05) is 12.4 Å². The van der Waals surface area contributed by atoms with E-state index in [0.717, 1.165) is 34.3 Å². The fourth-order valence-electron chi connectivity index (χ4n) is 2.78. The molecule has 2 aromatic rings. The number of hydrogen-bond donors (Lipinski definition) is 2. The van der Waals surface area contributed by atoms with E-state index in [4.69, 9.17) is 9.47 Å². The third kappa shape index (κ3) is 4.89. The van der Waals surface area contributed by atoms with Crippen molar-refractivity contribution in [1.82, 2.24) is 5.32 Å². The molecule has 0 saturated heterocycles. The maximum atomic E-state index is 11.8. The molecule has 3 rings (SSSR count). The Labute approximate surface area is 155 Å². The predicted molar refractivity (Wildman–Crippen MR) is 101 cm³/mol. The third-order valence-electron chi connectivity index (χ3n) is 4.20. The Balaban J connectivity index is 1.38. The minimum Gasteiger partial charge on any atom is -0.496 e. The summed E-state index contributed by atoms with van der Waals surface area (Å²) in [5.74, 6) is 0.805. The lowest BCUT2D eigenvalue weighted by molar-refractivity contribution is 0.129. The molecule has 0 aromatic heterocycles. The highest BCUT2D eigenvalue weighted by Gasteiger charge is 2.30. The van der Waals surface area contributed by atoms with Gasteiger partial charge in [-0.05, 0) is 52.5 Å². The molecule has 132 valence electrons. The minimum absolute atomic E-state index is 0.155. The summed E-state index contributed by atoms with van der Waals surface area (Å²) >= 11 is 3.48. The number of carbonyl (C=O) groups is 1. The van der Waals surface area contributed by atoms with E-state index in [1.165, 1.54) is 0 Å². The monoisotopic (exact) mass is 404 g/mol. The van der Waals surface area contributed by atoms with Crippen molar-refractivity contribution in [3.8, 4) is 5.75 Å². The van der Waals surface area contributed by atoms with Gasteiger partial charge in [-0.3, -0.25) is 0 Å². The third-order valence-corrected chi connectivity index (χ3v) is 4.82. The van der Waals surface area contributed by atoms with Gasteiger partial charge in [0.1, 0.15) is 12.4 Å². The molecule has 1 saturated carbocycles. The fourth-order valence-corrected chi connectivity index (χ4v) is 3.32. The van der Waals surface area contributed by atoms with Crippen LogP contribution in [0.15, 0.2) is 53.0 Å². The van der Waals surface area contributed by atoms with E-state index in [1.807, 2.05) is 48.5 Å². The Morgan fingerprint density at radius 1 is 1.16 bits per heavy atom. The first-order valence-electron chi connectivity index (χ1n) is 8.21. The van der Waals surface area contributed by atoms with E-state index in [0.29, 0.717) is 12.6 Å². The van der Waals surface area contributed by atoms with Crippen molar-refractivity contribution in [2.45, 2.75) is 31.5 Å². The SMILES string of the molecule is COc1ccc(NC2CC(NC(=O)OCc3ccccc3)C2)cc1Br. The van der Waals surface area contributed by atoms with Crippen molar-refractivity contribution in [1.29, 1.82) is 0 Å². The molecule has 6 heteroatoms. The lowest BCUT2D eigenvalue weighted by atomic mass is 9.86. The Morgan fingerprint density at radius 2 is 1.92 bits per heavy atom. The fraction of sp³-hybridized carbons (Fsp3) is 0.316. The van der Waals surface area contributed by atoms with Crippen molar-refractivity contribution in [3.05, 3.63) is 58.6 Å². The summed E-state index contributed by atoms with van der Waals surface area (Å²) in [6, 6.07) is 16.1. The van der Waals surface area contributed by atoms with Gasteiger partial charge < -0.3 is 20.1 Å². The first kappa shape index (κ1) is 17.6. The molecular weight excluding hydrogens is 384 g/mol. The summed E-state index contributed by atoms with van der Waals surface area (Å²) < 4.78 is 11.4. The van der Waals surface area contributed by atoms with Crippen LogP contribution in [-0.2, 0) is 11.3 Å². The molecule has 2 N–H and O–H groups in total. The molecule has 0 radical (unpaired) electrons. The quantitative estimate of drug-likeness (QED) is 0.751. The molecule has 2 aromatic carbocycles. The Bertz CT molecular complexity index is 718. The molecule has 1 fully saturated rings. The largest absolute Gasteiger partial charge is 0.496 e. The van der Waals surface area contributed by atoms with Gasteiger partial charge in [-0.1, -0.05) is 30.3 Å². The molecule has 1 aliphatic carbocycles. The van der Waals surface area contributed by atoms with Crippen LogP contribution in [-0.4, -0.2) is 25.3 Å². The minimum atomic E-state index is -0.362. The van der Waals surface area contributed by atoms with Crippen LogP contribution in [0.4, 0.5) is 10.5 Å².